The third-order valence-electron chi connectivity index (χ3n) is 4.13. The monoisotopic (exact) mass is 250 g/mol. The molecular formula is C14H19ClN2. The van der Waals surface area contributed by atoms with Crippen LogP contribution in [0.1, 0.15) is 18.4 Å². The van der Waals surface area contributed by atoms with E-state index in [0.29, 0.717) is 5.41 Å². The lowest BCUT2D eigenvalue weighted by molar-refractivity contribution is 0.157. The lowest BCUT2D eigenvalue weighted by atomic mass is 9.74. The fourth-order valence-corrected chi connectivity index (χ4v) is 3.20. The summed E-state index contributed by atoms with van der Waals surface area (Å²) in [6, 6.07) is 6.39. The van der Waals surface area contributed by atoms with Crippen LogP contribution in [0.25, 0.3) is 0 Å². The highest BCUT2D eigenvalue weighted by atomic mass is 35.5. The summed E-state index contributed by atoms with van der Waals surface area (Å²) in [5.41, 5.74) is 2.97. The number of piperidine rings is 1. The molecule has 0 amide bonds. The Bertz CT molecular complexity index is 416. The van der Waals surface area contributed by atoms with Crippen molar-refractivity contribution in [3.8, 4) is 0 Å². The highest BCUT2D eigenvalue weighted by Gasteiger charge is 2.43. The summed E-state index contributed by atoms with van der Waals surface area (Å²) in [7, 11) is 0. The number of hydrogen-bond donors (Lipinski definition) is 1. The van der Waals surface area contributed by atoms with Gasteiger partial charge in [0.2, 0.25) is 0 Å². The minimum absolute atomic E-state index is 0.537. The van der Waals surface area contributed by atoms with Gasteiger partial charge in [0.05, 0.1) is 0 Å². The van der Waals surface area contributed by atoms with Gasteiger partial charge in [-0.2, -0.15) is 0 Å². The van der Waals surface area contributed by atoms with Gasteiger partial charge in [0.1, 0.15) is 0 Å². The Morgan fingerprint density at radius 3 is 2.82 bits per heavy atom. The molecule has 0 aromatic heterocycles. The standard InChI is InChI=1S/C14H19ClN2/c1-11-3-4-12(7-13(11)15)17-9-14(10-17)5-2-6-16-8-14/h3-4,7,16H,2,5-6,8-10H2,1H3. The van der Waals surface area contributed by atoms with Gasteiger partial charge in [-0.25, -0.2) is 0 Å². The van der Waals surface area contributed by atoms with Crippen LogP contribution in [-0.4, -0.2) is 26.2 Å². The third-order valence-corrected chi connectivity index (χ3v) is 4.54. The molecular weight excluding hydrogens is 232 g/mol. The van der Waals surface area contributed by atoms with E-state index in [1.54, 1.807) is 0 Å². The van der Waals surface area contributed by atoms with Gasteiger partial charge in [0, 0.05) is 35.8 Å². The summed E-state index contributed by atoms with van der Waals surface area (Å²) < 4.78 is 0. The summed E-state index contributed by atoms with van der Waals surface area (Å²) >= 11 is 6.18. The molecule has 92 valence electrons. The normalized spacial score (nSPS) is 22.6. The fraction of sp³-hybridized carbons (Fsp3) is 0.571. The van der Waals surface area contributed by atoms with Crippen molar-refractivity contribution in [3.05, 3.63) is 28.8 Å². The SMILES string of the molecule is Cc1ccc(N2CC3(CCCNC3)C2)cc1Cl. The van der Waals surface area contributed by atoms with Crippen molar-refractivity contribution in [3.63, 3.8) is 0 Å². The van der Waals surface area contributed by atoms with Crippen LogP contribution in [0.4, 0.5) is 5.69 Å². The lowest BCUT2D eigenvalue weighted by Gasteiger charge is -2.53. The molecule has 0 aliphatic carbocycles. The molecule has 3 heteroatoms. The molecule has 2 heterocycles. The average molecular weight is 251 g/mol. The van der Waals surface area contributed by atoms with Crippen molar-refractivity contribution >= 4 is 17.3 Å². The van der Waals surface area contributed by atoms with E-state index in [1.165, 1.54) is 44.7 Å². The quantitative estimate of drug-likeness (QED) is 0.825. The van der Waals surface area contributed by atoms with E-state index in [4.69, 9.17) is 11.6 Å². The fourth-order valence-electron chi connectivity index (χ4n) is 3.02. The molecule has 3 rings (SSSR count). The minimum atomic E-state index is 0.537. The summed E-state index contributed by atoms with van der Waals surface area (Å²) in [6.07, 6.45) is 2.69. The zero-order valence-corrected chi connectivity index (χ0v) is 11.1. The maximum absolute atomic E-state index is 6.18. The Morgan fingerprint density at radius 2 is 2.18 bits per heavy atom. The number of aryl methyl sites for hydroxylation is 1. The van der Waals surface area contributed by atoms with Crippen LogP contribution in [0.15, 0.2) is 18.2 Å². The highest BCUT2D eigenvalue weighted by molar-refractivity contribution is 6.31. The molecule has 0 unspecified atom stereocenters. The van der Waals surface area contributed by atoms with Gasteiger partial charge in [-0.05, 0) is 44.0 Å². The largest absolute Gasteiger partial charge is 0.370 e. The van der Waals surface area contributed by atoms with Gasteiger partial charge in [0.25, 0.3) is 0 Å². The summed E-state index contributed by atoms with van der Waals surface area (Å²) in [5, 5.41) is 4.40. The number of hydrogen-bond acceptors (Lipinski definition) is 2. The molecule has 0 radical (unpaired) electrons. The predicted molar refractivity (Wildman–Crippen MR) is 72.9 cm³/mol. The van der Waals surface area contributed by atoms with Crippen LogP contribution in [0.5, 0.6) is 0 Å². The second kappa shape index (κ2) is 4.18. The third kappa shape index (κ3) is 2.04. The van der Waals surface area contributed by atoms with Crippen LogP contribution in [-0.2, 0) is 0 Å². The first-order valence-electron chi connectivity index (χ1n) is 6.40. The predicted octanol–water partition coefficient (Wildman–Crippen LogP) is 2.84. The Hall–Kier alpha value is -0.730. The Balaban J connectivity index is 1.70. The molecule has 2 aliphatic rings. The lowest BCUT2D eigenvalue weighted by Crippen LogP contribution is -2.62. The number of rotatable bonds is 1. The Kier molecular flexibility index (Phi) is 2.80. The van der Waals surface area contributed by atoms with Crippen molar-refractivity contribution in [1.29, 1.82) is 0 Å². The maximum atomic E-state index is 6.18. The van der Waals surface area contributed by atoms with E-state index >= 15 is 0 Å². The molecule has 1 spiro atoms. The van der Waals surface area contributed by atoms with Gasteiger partial charge in [-0.1, -0.05) is 17.7 Å². The van der Waals surface area contributed by atoms with Crippen LogP contribution < -0.4 is 10.2 Å². The van der Waals surface area contributed by atoms with Gasteiger partial charge in [-0.15, -0.1) is 0 Å². The summed E-state index contributed by atoms with van der Waals surface area (Å²) in [4.78, 5) is 2.44. The molecule has 2 nitrogen and oxygen atoms in total. The summed E-state index contributed by atoms with van der Waals surface area (Å²) in [6.45, 7) is 6.79. The van der Waals surface area contributed by atoms with Crippen LogP contribution in [0.2, 0.25) is 5.02 Å². The first-order chi connectivity index (χ1) is 8.19. The van der Waals surface area contributed by atoms with Gasteiger partial charge in [-0.3, -0.25) is 0 Å². The van der Waals surface area contributed by atoms with Crippen molar-refractivity contribution < 1.29 is 0 Å². The van der Waals surface area contributed by atoms with Crippen molar-refractivity contribution in [2.75, 3.05) is 31.1 Å². The smallest absolute Gasteiger partial charge is 0.0455 e. The molecule has 1 N–H and O–H groups in total. The molecule has 1 aromatic carbocycles. The number of anilines is 1. The number of nitrogens with one attached hydrogen (secondary N) is 1. The number of halogens is 1. The van der Waals surface area contributed by atoms with E-state index in [2.05, 4.69) is 35.3 Å². The van der Waals surface area contributed by atoms with Gasteiger partial charge in [0.15, 0.2) is 0 Å². The van der Waals surface area contributed by atoms with E-state index in [9.17, 15) is 0 Å². The van der Waals surface area contributed by atoms with Gasteiger partial charge >= 0.3 is 0 Å². The average Bonchev–Trinajstić information content (AvgIpc) is 2.31. The van der Waals surface area contributed by atoms with E-state index < -0.39 is 0 Å². The molecule has 2 saturated heterocycles. The second-order valence-electron chi connectivity index (χ2n) is 5.57. The molecule has 0 saturated carbocycles. The number of benzene rings is 1. The van der Waals surface area contributed by atoms with Crippen molar-refractivity contribution in [1.82, 2.24) is 5.32 Å². The molecule has 1 aromatic rings. The molecule has 0 atom stereocenters. The van der Waals surface area contributed by atoms with Crippen molar-refractivity contribution in [2.45, 2.75) is 19.8 Å². The van der Waals surface area contributed by atoms with E-state index in [0.717, 1.165) is 10.6 Å². The molecule has 2 fully saturated rings. The van der Waals surface area contributed by atoms with Crippen molar-refractivity contribution in [2.24, 2.45) is 5.41 Å². The van der Waals surface area contributed by atoms with Gasteiger partial charge < -0.3 is 10.2 Å². The topological polar surface area (TPSA) is 15.3 Å². The second-order valence-corrected chi connectivity index (χ2v) is 5.98. The summed E-state index contributed by atoms with van der Waals surface area (Å²) in [5.74, 6) is 0. The first kappa shape index (κ1) is 11.4. The zero-order valence-electron chi connectivity index (χ0n) is 10.3. The molecule has 2 aliphatic heterocycles. The molecule has 0 bridgehead atoms. The maximum Gasteiger partial charge on any atom is 0.0455 e. The highest BCUT2D eigenvalue weighted by Crippen LogP contribution is 2.39. The Morgan fingerprint density at radius 1 is 1.35 bits per heavy atom. The first-order valence-corrected chi connectivity index (χ1v) is 6.78. The Labute approximate surface area is 108 Å². The van der Waals surface area contributed by atoms with E-state index in [-0.39, 0.29) is 0 Å². The van der Waals surface area contributed by atoms with Crippen LogP contribution >= 0.6 is 11.6 Å². The minimum Gasteiger partial charge on any atom is -0.370 e. The zero-order chi connectivity index (χ0) is 11.9. The van der Waals surface area contributed by atoms with E-state index in [1.807, 2.05) is 0 Å². The molecule has 17 heavy (non-hydrogen) atoms. The van der Waals surface area contributed by atoms with Crippen LogP contribution in [0, 0.1) is 12.3 Å². The van der Waals surface area contributed by atoms with Crippen LogP contribution in [0.3, 0.4) is 0 Å². The number of nitrogens with zero attached hydrogens (tertiary/aromatic N) is 1.